The van der Waals surface area contributed by atoms with Crippen LogP contribution >= 0.6 is 11.6 Å². The van der Waals surface area contributed by atoms with Crippen LogP contribution in [-0.4, -0.2) is 22.2 Å². The van der Waals surface area contributed by atoms with Gasteiger partial charge in [0.25, 0.3) is 0 Å². The normalized spacial score (nSPS) is 10.9. The molecule has 0 spiro atoms. The fourth-order valence-electron chi connectivity index (χ4n) is 3.46. The summed E-state index contributed by atoms with van der Waals surface area (Å²) in [6.45, 7) is 0.818. The van der Waals surface area contributed by atoms with E-state index in [9.17, 15) is 13.6 Å². The molecule has 168 valence electrons. The lowest BCUT2D eigenvalue weighted by Gasteiger charge is -2.12. The van der Waals surface area contributed by atoms with Crippen molar-refractivity contribution in [3.63, 3.8) is 0 Å². The molecule has 0 fully saturated rings. The number of carbonyl (C=O) groups excluding carboxylic acids is 1. The standard InChI is InChI=1S/C26H21ClF2N2O2/c27-20-9-10-26(33-14-12-18-5-2-1-3-6-18)19(15-20)17-31-13-11-24(30-31)25(32)16-21-22(28)7-4-8-23(21)29/h1-11,13,15H,12,14,16-17H2. The van der Waals surface area contributed by atoms with Gasteiger partial charge in [-0.05, 0) is 42.0 Å². The summed E-state index contributed by atoms with van der Waals surface area (Å²) in [5.41, 5.74) is 1.85. The van der Waals surface area contributed by atoms with Crippen molar-refractivity contribution in [3.8, 4) is 5.75 Å². The fourth-order valence-corrected chi connectivity index (χ4v) is 3.66. The summed E-state index contributed by atoms with van der Waals surface area (Å²) >= 11 is 6.18. The summed E-state index contributed by atoms with van der Waals surface area (Å²) in [6.07, 6.45) is 2.00. The zero-order chi connectivity index (χ0) is 23.2. The average molecular weight is 467 g/mol. The predicted octanol–water partition coefficient (Wildman–Crippen LogP) is 5.91. The minimum atomic E-state index is -0.751. The number of hydrogen-bond donors (Lipinski definition) is 0. The number of carbonyl (C=O) groups is 1. The summed E-state index contributed by atoms with van der Waals surface area (Å²) in [5, 5.41) is 4.84. The van der Waals surface area contributed by atoms with Gasteiger partial charge in [-0.3, -0.25) is 9.48 Å². The summed E-state index contributed by atoms with van der Waals surface area (Å²) < 4.78 is 35.3. The largest absolute Gasteiger partial charge is 0.493 e. The Morgan fingerprint density at radius 3 is 2.48 bits per heavy atom. The van der Waals surface area contributed by atoms with Crippen LogP contribution in [-0.2, 0) is 19.4 Å². The second-order valence-electron chi connectivity index (χ2n) is 7.53. The molecular weight excluding hydrogens is 446 g/mol. The maximum atomic E-state index is 13.9. The summed E-state index contributed by atoms with van der Waals surface area (Å²) in [4.78, 5) is 12.5. The lowest BCUT2D eigenvalue weighted by Crippen LogP contribution is -2.10. The van der Waals surface area contributed by atoms with Crippen molar-refractivity contribution in [2.24, 2.45) is 0 Å². The van der Waals surface area contributed by atoms with E-state index in [4.69, 9.17) is 16.3 Å². The maximum absolute atomic E-state index is 13.9. The smallest absolute Gasteiger partial charge is 0.187 e. The summed E-state index contributed by atoms with van der Waals surface area (Å²) in [7, 11) is 0. The highest BCUT2D eigenvalue weighted by atomic mass is 35.5. The number of aromatic nitrogens is 2. The van der Waals surface area contributed by atoms with Gasteiger partial charge in [0.05, 0.1) is 13.2 Å². The zero-order valence-electron chi connectivity index (χ0n) is 17.7. The maximum Gasteiger partial charge on any atom is 0.187 e. The second kappa shape index (κ2) is 10.4. The summed E-state index contributed by atoms with van der Waals surface area (Å²) in [6, 6.07) is 20.4. The Bertz CT molecular complexity index is 1240. The lowest BCUT2D eigenvalue weighted by molar-refractivity contribution is 0.0985. The Balaban J connectivity index is 1.44. The molecule has 1 aromatic heterocycles. The molecule has 4 rings (SSSR count). The fraction of sp³-hybridized carbons (Fsp3) is 0.154. The molecule has 33 heavy (non-hydrogen) atoms. The highest BCUT2D eigenvalue weighted by molar-refractivity contribution is 6.30. The van der Waals surface area contributed by atoms with E-state index in [1.807, 2.05) is 30.3 Å². The van der Waals surface area contributed by atoms with Crippen molar-refractivity contribution in [3.05, 3.63) is 118 Å². The van der Waals surface area contributed by atoms with E-state index >= 15 is 0 Å². The third-order valence-electron chi connectivity index (χ3n) is 5.17. The highest BCUT2D eigenvalue weighted by Crippen LogP contribution is 2.24. The molecule has 0 aliphatic rings. The van der Waals surface area contributed by atoms with E-state index in [1.165, 1.54) is 17.7 Å². The van der Waals surface area contributed by atoms with Gasteiger partial charge in [0, 0.05) is 35.2 Å². The first-order valence-corrected chi connectivity index (χ1v) is 10.8. The van der Waals surface area contributed by atoms with E-state index in [-0.39, 0.29) is 11.3 Å². The SMILES string of the molecule is O=C(Cc1c(F)cccc1F)c1ccn(Cc2cc(Cl)ccc2OCCc2ccccc2)n1. The number of rotatable bonds is 9. The van der Waals surface area contributed by atoms with Crippen molar-refractivity contribution < 1.29 is 18.3 Å². The number of halogens is 3. The molecule has 0 atom stereocenters. The van der Waals surface area contributed by atoms with Gasteiger partial charge in [0.15, 0.2) is 5.78 Å². The molecule has 0 unspecified atom stereocenters. The molecule has 0 saturated heterocycles. The van der Waals surface area contributed by atoms with Gasteiger partial charge in [-0.1, -0.05) is 48.0 Å². The van der Waals surface area contributed by atoms with Crippen LogP contribution in [0, 0.1) is 11.6 Å². The molecule has 0 radical (unpaired) electrons. The van der Waals surface area contributed by atoms with Crippen LogP contribution in [0.5, 0.6) is 5.75 Å². The van der Waals surface area contributed by atoms with Gasteiger partial charge in [0.2, 0.25) is 0 Å². The van der Waals surface area contributed by atoms with Gasteiger partial charge in [-0.15, -0.1) is 0 Å². The van der Waals surface area contributed by atoms with Crippen LogP contribution in [0.15, 0.2) is 79.0 Å². The molecule has 7 heteroatoms. The molecule has 0 amide bonds. The third-order valence-corrected chi connectivity index (χ3v) is 5.41. The number of Topliss-reactive ketones (excluding diaryl/α,β-unsaturated/α-hetero) is 1. The van der Waals surface area contributed by atoms with Crippen LogP contribution in [0.25, 0.3) is 0 Å². The second-order valence-corrected chi connectivity index (χ2v) is 7.97. The van der Waals surface area contributed by atoms with Gasteiger partial charge in [-0.25, -0.2) is 8.78 Å². The number of hydrogen-bond acceptors (Lipinski definition) is 3. The number of ketones is 1. The highest BCUT2D eigenvalue weighted by Gasteiger charge is 2.17. The predicted molar refractivity (Wildman–Crippen MR) is 123 cm³/mol. The monoisotopic (exact) mass is 466 g/mol. The zero-order valence-corrected chi connectivity index (χ0v) is 18.4. The van der Waals surface area contributed by atoms with Gasteiger partial charge in [0.1, 0.15) is 23.1 Å². The first-order chi connectivity index (χ1) is 16.0. The number of benzene rings is 3. The topological polar surface area (TPSA) is 44.1 Å². The van der Waals surface area contributed by atoms with E-state index in [1.54, 1.807) is 29.1 Å². The molecular formula is C26H21ClF2N2O2. The Kier molecular flexibility index (Phi) is 7.15. The lowest BCUT2D eigenvalue weighted by atomic mass is 10.1. The molecule has 4 nitrogen and oxygen atoms in total. The van der Waals surface area contributed by atoms with Crippen molar-refractivity contribution in [2.45, 2.75) is 19.4 Å². The molecule has 0 aliphatic carbocycles. The van der Waals surface area contributed by atoms with Gasteiger partial charge < -0.3 is 4.74 Å². The minimum absolute atomic E-state index is 0.131. The average Bonchev–Trinajstić information content (AvgIpc) is 3.27. The van der Waals surface area contributed by atoms with Crippen LogP contribution in [0.2, 0.25) is 5.02 Å². The summed E-state index contributed by atoms with van der Waals surface area (Å²) in [5.74, 6) is -1.30. The number of nitrogens with zero attached hydrogens (tertiary/aromatic N) is 2. The first-order valence-electron chi connectivity index (χ1n) is 10.4. The molecule has 0 N–H and O–H groups in total. The van der Waals surface area contributed by atoms with E-state index < -0.39 is 23.8 Å². The van der Waals surface area contributed by atoms with E-state index in [0.29, 0.717) is 23.9 Å². The Hall–Kier alpha value is -3.51. The quantitative estimate of drug-likeness (QED) is 0.288. The van der Waals surface area contributed by atoms with Crippen molar-refractivity contribution in [2.75, 3.05) is 6.61 Å². The molecule has 0 saturated carbocycles. The van der Waals surface area contributed by atoms with E-state index in [2.05, 4.69) is 5.10 Å². The van der Waals surface area contributed by atoms with Gasteiger partial charge in [-0.2, -0.15) is 5.10 Å². The Morgan fingerprint density at radius 1 is 0.970 bits per heavy atom. The minimum Gasteiger partial charge on any atom is -0.493 e. The Morgan fingerprint density at radius 2 is 1.73 bits per heavy atom. The van der Waals surface area contributed by atoms with Crippen molar-refractivity contribution in [1.82, 2.24) is 9.78 Å². The molecule has 0 bridgehead atoms. The van der Waals surface area contributed by atoms with Crippen LogP contribution < -0.4 is 4.74 Å². The van der Waals surface area contributed by atoms with E-state index in [0.717, 1.165) is 24.1 Å². The van der Waals surface area contributed by atoms with Crippen LogP contribution in [0.1, 0.15) is 27.2 Å². The van der Waals surface area contributed by atoms with Crippen molar-refractivity contribution in [1.29, 1.82) is 0 Å². The van der Waals surface area contributed by atoms with Gasteiger partial charge >= 0.3 is 0 Å². The van der Waals surface area contributed by atoms with Crippen LogP contribution in [0.4, 0.5) is 8.78 Å². The first kappa shape index (κ1) is 22.7. The molecule has 1 heterocycles. The Labute approximate surface area is 195 Å². The van der Waals surface area contributed by atoms with Crippen LogP contribution in [0.3, 0.4) is 0 Å². The molecule has 3 aromatic carbocycles. The number of ether oxygens (including phenoxy) is 1. The molecule has 0 aliphatic heterocycles. The van der Waals surface area contributed by atoms with Crippen molar-refractivity contribution >= 4 is 17.4 Å². The third kappa shape index (κ3) is 5.84. The molecule has 4 aromatic rings.